The van der Waals surface area contributed by atoms with E-state index in [9.17, 15) is 14.4 Å². The normalized spacial score (nSPS) is 32.6. The van der Waals surface area contributed by atoms with E-state index in [2.05, 4.69) is 10.6 Å². The lowest BCUT2D eigenvalue weighted by Gasteiger charge is -2.58. The second kappa shape index (κ2) is 7.07. The van der Waals surface area contributed by atoms with Crippen LogP contribution in [0.15, 0.2) is 24.3 Å². The van der Waals surface area contributed by atoms with E-state index in [4.69, 9.17) is 16.3 Å². The van der Waals surface area contributed by atoms with Crippen molar-refractivity contribution in [1.29, 1.82) is 0 Å². The fraction of sp³-hybridized carbons (Fsp3) is 0.571. The average molecular weight is 405 g/mol. The topological polar surface area (TPSA) is 84.5 Å². The number of halogens is 1. The van der Waals surface area contributed by atoms with E-state index in [-0.39, 0.29) is 23.4 Å². The summed E-state index contributed by atoms with van der Waals surface area (Å²) in [7, 11) is 1.56. The molecule has 2 amide bonds. The predicted octanol–water partition coefficient (Wildman–Crippen LogP) is 3.11. The molecule has 5 rings (SSSR count). The first-order chi connectivity index (χ1) is 13.3. The molecule has 6 nitrogen and oxygen atoms in total. The van der Waals surface area contributed by atoms with E-state index < -0.39 is 11.3 Å². The number of ether oxygens (including phenoxy) is 1. The van der Waals surface area contributed by atoms with Crippen LogP contribution in [0, 0.1) is 17.3 Å². The molecule has 4 fully saturated rings. The van der Waals surface area contributed by atoms with Gasteiger partial charge in [-0.15, -0.1) is 11.6 Å². The summed E-state index contributed by atoms with van der Waals surface area (Å²) in [6.45, 7) is -0.317. The van der Waals surface area contributed by atoms with E-state index >= 15 is 0 Å². The van der Waals surface area contributed by atoms with Gasteiger partial charge in [-0.1, -0.05) is 0 Å². The maximum atomic E-state index is 12.8. The lowest BCUT2D eigenvalue weighted by molar-refractivity contribution is -0.171. The Labute approximate surface area is 169 Å². The zero-order chi connectivity index (χ0) is 19.9. The molecule has 1 aromatic carbocycles. The molecule has 2 unspecified atom stereocenters. The van der Waals surface area contributed by atoms with Crippen molar-refractivity contribution in [2.45, 2.75) is 43.4 Å². The Morgan fingerprint density at radius 3 is 2.32 bits per heavy atom. The Kier molecular flexibility index (Phi) is 4.86. The molecule has 7 heteroatoms. The summed E-state index contributed by atoms with van der Waals surface area (Å²) in [6.07, 6.45) is 5.48. The van der Waals surface area contributed by atoms with Crippen LogP contribution in [0.25, 0.3) is 0 Å². The van der Waals surface area contributed by atoms with Crippen LogP contribution in [-0.2, 0) is 14.3 Å². The van der Waals surface area contributed by atoms with Crippen LogP contribution in [0.1, 0.15) is 48.9 Å². The molecule has 0 aromatic heterocycles. The van der Waals surface area contributed by atoms with Gasteiger partial charge in [0.25, 0.3) is 11.8 Å². The SMILES string of the molecule is CNC(=O)c1ccc(NC(=O)COC(=O)C23C[C@@H]4C[C@@H](CC(Cl)(C4)C2)C3)cc1. The first-order valence-electron chi connectivity index (χ1n) is 9.79. The van der Waals surface area contributed by atoms with Gasteiger partial charge in [-0.2, -0.15) is 0 Å². The minimum atomic E-state index is -0.513. The zero-order valence-corrected chi connectivity index (χ0v) is 16.7. The van der Waals surface area contributed by atoms with Crippen molar-refractivity contribution in [3.05, 3.63) is 29.8 Å². The van der Waals surface area contributed by atoms with E-state index in [1.54, 1.807) is 31.3 Å². The standard InChI is InChI=1S/C21H25ClN2O4/c1-23-18(26)15-2-4-16(5-3-15)24-17(25)11-28-19(27)20-7-13-6-14(8-20)10-21(22,9-13)12-20/h2-5,13-14H,6-12H2,1H3,(H,23,26)(H,24,25)/t13-,14+,20?,21?. The van der Waals surface area contributed by atoms with Crippen LogP contribution in [0.3, 0.4) is 0 Å². The molecule has 4 aliphatic rings. The molecule has 0 heterocycles. The van der Waals surface area contributed by atoms with Gasteiger partial charge in [0.1, 0.15) is 0 Å². The van der Waals surface area contributed by atoms with Gasteiger partial charge < -0.3 is 15.4 Å². The molecule has 4 aliphatic carbocycles. The molecule has 0 spiro atoms. The largest absolute Gasteiger partial charge is 0.455 e. The molecule has 4 bridgehead atoms. The molecular formula is C21H25ClN2O4. The summed E-state index contributed by atoms with van der Waals surface area (Å²) in [5, 5.41) is 5.23. The van der Waals surface area contributed by atoms with Crippen LogP contribution in [0.4, 0.5) is 5.69 Å². The smallest absolute Gasteiger partial charge is 0.312 e. The van der Waals surface area contributed by atoms with Crippen LogP contribution in [-0.4, -0.2) is 36.3 Å². The summed E-state index contributed by atoms with van der Waals surface area (Å²) >= 11 is 6.76. The molecule has 0 radical (unpaired) electrons. The van der Waals surface area contributed by atoms with Gasteiger partial charge in [-0.05, 0) is 74.6 Å². The number of nitrogens with one attached hydrogen (secondary N) is 2. The number of carbonyl (C=O) groups is 3. The van der Waals surface area contributed by atoms with Gasteiger partial charge in [0, 0.05) is 23.2 Å². The summed E-state index contributed by atoms with van der Waals surface area (Å²) in [5.41, 5.74) is 0.535. The lowest BCUT2D eigenvalue weighted by Crippen LogP contribution is -2.56. The molecule has 0 aliphatic heterocycles. The third kappa shape index (κ3) is 3.62. The predicted molar refractivity (Wildman–Crippen MR) is 105 cm³/mol. The first-order valence-corrected chi connectivity index (χ1v) is 10.2. The van der Waals surface area contributed by atoms with Crippen LogP contribution in [0.5, 0.6) is 0 Å². The van der Waals surface area contributed by atoms with Crippen LogP contribution < -0.4 is 10.6 Å². The van der Waals surface area contributed by atoms with Crippen molar-refractivity contribution in [3.63, 3.8) is 0 Å². The Morgan fingerprint density at radius 1 is 1.11 bits per heavy atom. The zero-order valence-electron chi connectivity index (χ0n) is 15.9. The molecule has 1 aromatic rings. The fourth-order valence-electron chi connectivity index (χ4n) is 5.72. The summed E-state index contributed by atoms with van der Waals surface area (Å²) in [4.78, 5) is 36.3. The Balaban J connectivity index is 1.32. The molecule has 28 heavy (non-hydrogen) atoms. The van der Waals surface area contributed by atoms with Crippen LogP contribution >= 0.6 is 11.6 Å². The van der Waals surface area contributed by atoms with Crippen molar-refractivity contribution >= 4 is 35.1 Å². The molecule has 2 N–H and O–H groups in total. The molecular weight excluding hydrogens is 380 g/mol. The van der Waals surface area contributed by atoms with Gasteiger partial charge in [-0.25, -0.2) is 0 Å². The van der Waals surface area contributed by atoms with E-state index in [0.29, 0.717) is 29.5 Å². The molecule has 0 saturated heterocycles. The molecule has 4 saturated carbocycles. The maximum absolute atomic E-state index is 12.8. The highest BCUT2D eigenvalue weighted by molar-refractivity contribution is 6.24. The monoisotopic (exact) mass is 404 g/mol. The van der Waals surface area contributed by atoms with Crippen molar-refractivity contribution in [2.24, 2.45) is 17.3 Å². The Hall–Kier alpha value is -2.08. The highest BCUT2D eigenvalue weighted by Gasteiger charge is 2.60. The lowest BCUT2D eigenvalue weighted by atomic mass is 9.49. The number of rotatable bonds is 5. The van der Waals surface area contributed by atoms with Gasteiger partial charge >= 0.3 is 5.97 Å². The number of esters is 1. The number of amides is 2. The number of hydrogen-bond acceptors (Lipinski definition) is 4. The number of anilines is 1. The Morgan fingerprint density at radius 2 is 1.75 bits per heavy atom. The van der Waals surface area contributed by atoms with Gasteiger partial charge in [0.15, 0.2) is 6.61 Å². The number of hydrogen-bond donors (Lipinski definition) is 2. The fourth-order valence-corrected chi connectivity index (χ4v) is 6.41. The van der Waals surface area contributed by atoms with Gasteiger partial charge in [0.05, 0.1) is 5.41 Å². The molecule has 4 atom stereocenters. The van der Waals surface area contributed by atoms with Crippen LogP contribution in [0.2, 0.25) is 0 Å². The summed E-state index contributed by atoms with van der Waals surface area (Å²) in [6, 6.07) is 6.52. The first kappa shape index (κ1) is 19.2. The van der Waals surface area contributed by atoms with Crippen molar-refractivity contribution in [3.8, 4) is 0 Å². The third-order valence-electron chi connectivity index (χ3n) is 6.41. The maximum Gasteiger partial charge on any atom is 0.312 e. The minimum Gasteiger partial charge on any atom is -0.455 e. The molecule has 150 valence electrons. The minimum absolute atomic E-state index is 0.195. The van der Waals surface area contributed by atoms with E-state index in [0.717, 1.165) is 32.1 Å². The third-order valence-corrected chi connectivity index (χ3v) is 6.86. The number of benzene rings is 1. The second-order valence-corrected chi connectivity index (χ2v) is 9.47. The highest BCUT2D eigenvalue weighted by Crippen LogP contribution is 2.64. The number of alkyl halides is 1. The van der Waals surface area contributed by atoms with E-state index in [1.165, 1.54) is 0 Å². The summed E-state index contributed by atoms with van der Waals surface area (Å²) in [5.74, 6) is 0.125. The quantitative estimate of drug-likeness (QED) is 0.583. The second-order valence-electron chi connectivity index (χ2n) is 8.67. The van der Waals surface area contributed by atoms with Gasteiger partial charge in [-0.3, -0.25) is 14.4 Å². The van der Waals surface area contributed by atoms with Crippen molar-refractivity contribution in [2.75, 3.05) is 19.0 Å². The van der Waals surface area contributed by atoms with Crippen molar-refractivity contribution < 1.29 is 19.1 Å². The van der Waals surface area contributed by atoms with Gasteiger partial charge in [0.2, 0.25) is 0 Å². The van der Waals surface area contributed by atoms with E-state index in [1.807, 2.05) is 0 Å². The Bertz CT molecular complexity index is 793. The van der Waals surface area contributed by atoms with Crippen molar-refractivity contribution in [1.82, 2.24) is 5.32 Å². The highest BCUT2D eigenvalue weighted by atomic mass is 35.5. The summed E-state index contributed by atoms with van der Waals surface area (Å²) < 4.78 is 5.41. The average Bonchev–Trinajstić information content (AvgIpc) is 2.64. The number of carbonyl (C=O) groups excluding carboxylic acids is 3.